The molecule has 0 radical (unpaired) electrons. The summed E-state index contributed by atoms with van der Waals surface area (Å²) in [6, 6.07) is 8.08. The molecule has 0 fully saturated rings. The number of carbonyl (C=O) groups is 2. The maximum atomic E-state index is 13.4. The molecule has 162 valence electrons. The number of rotatable bonds is 7. The third-order valence-electron chi connectivity index (χ3n) is 4.63. The van der Waals surface area contributed by atoms with Crippen molar-refractivity contribution >= 4 is 22.8 Å². The van der Waals surface area contributed by atoms with Gasteiger partial charge >= 0.3 is 11.6 Å². The van der Waals surface area contributed by atoms with E-state index in [0.717, 1.165) is 12.1 Å². The summed E-state index contributed by atoms with van der Waals surface area (Å²) >= 11 is 0. The maximum Gasteiger partial charge on any atom is 0.336 e. The smallest absolute Gasteiger partial charge is 0.336 e. The Kier molecular flexibility index (Phi) is 6.64. The van der Waals surface area contributed by atoms with Gasteiger partial charge < -0.3 is 19.2 Å². The van der Waals surface area contributed by atoms with Gasteiger partial charge in [0.1, 0.15) is 17.4 Å². The van der Waals surface area contributed by atoms with Gasteiger partial charge in [-0.05, 0) is 35.4 Å². The summed E-state index contributed by atoms with van der Waals surface area (Å²) in [5.41, 5.74) is 0.321. The molecule has 1 atom stereocenters. The van der Waals surface area contributed by atoms with Crippen LogP contribution in [0.1, 0.15) is 11.1 Å². The molecule has 9 heteroatoms. The first-order valence-corrected chi connectivity index (χ1v) is 9.22. The van der Waals surface area contributed by atoms with Crippen LogP contribution in [-0.4, -0.2) is 32.1 Å². The molecule has 7 nitrogen and oxygen atoms in total. The molecule has 1 N–H and O–H groups in total. The first kappa shape index (κ1) is 21.9. The lowest BCUT2D eigenvalue weighted by Crippen LogP contribution is -2.43. The SMILES string of the molecule is COC(=O)[C@H](Cc1cc(=O)oc2cc(OC)ccc12)NC(=O)Cc1ccc(F)c(F)c1. The van der Waals surface area contributed by atoms with Crippen LogP contribution in [0.4, 0.5) is 8.78 Å². The van der Waals surface area contributed by atoms with Crippen LogP contribution in [0, 0.1) is 11.6 Å². The first-order chi connectivity index (χ1) is 14.8. The van der Waals surface area contributed by atoms with Crippen molar-refractivity contribution in [2.24, 2.45) is 0 Å². The average molecular weight is 431 g/mol. The van der Waals surface area contributed by atoms with Crippen LogP contribution in [0.2, 0.25) is 0 Å². The summed E-state index contributed by atoms with van der Waals surface area (Å²) < 4.78 is 41.5. The Morgan fingerprint density at radius 1 is 1.06 bits per heavy atom. The Hall–Kier alpha value is -3.75. The third-order valence-corrected chi connectivity index (χ3v) is 4.63. The second-order valence-electron chi connectivity index (χ2n) is 6.73. The Bertz CT molecular complexity index is 1190. The lowest BCUT2D eigenvalue weighted by Gasteiger charge is -2.17. The fourth-order valence-electron chi connectivity index (χ4n) is 3.14. The number of hydrogen-bond acceptors (Lipinski definition) is 6. The van der Waals surface area contributed by atoms with Crippen molar-refractivity contribution in [3.8, 4) is 5.75 Å². The van der Waals surface area contributed by atoms with Crippen LogP contribution in [0.15, 0.2) is 51.7 Å². The molecule has 0 saturated heterocycles. The number of nitrogens with one attached hydrogen (secondary N) is 1. The molecule has 0 aliphatic heterocycles. The van der Waals surface area contributed by atoms with Crippen molar-refractivity contribution in [3.05, 3.63) is 75.6 Å². The van der Waals surface area contributed by atoms with Crippen molar-refractivity contribution < 1.29 is 32.3 Å². The van der Waals surface area contributed by atoms with Crippen LogP contribution < -0.4 is 15.7 Å². The second-order valence-corrected chi connectivity index (χ2v) is 6.73. The summed E-state index contributed by atoms with van der Waals surface area (Å²) in [4.78, 5) is 36.6. The molecule has 3 aromatic rings. The Balaban J connectivity index is 1.85. The zero-order chi connectivity index (χ0) is 22.5. The number of hydrogen-bond donors (Lipinski definition) is 1. The highest BCUT2D eigenvalue weighted by atomic mass is 19.2. The van der Waals surface area contributed by atoms with Crippen molar-refractivity contribution in [2.75, 3.05) is 14.2 Å². The fraction of sp³-hybridized carbons (Fsp3) is 0.227. The van der Waals surface area contributed by atoms with Crippen molar-refractivity contribution in [1.29, 1.82) is 0 Å². The summed E-state index contributed by atoms with van der Waals surface area (Å²) in [5, 5.41) is 3.08. The molecule has 0 bridgehead atoms. The highest BCUT2D eigenvalue weighted by Gasteiger charge is 2.24. The standard InChI is InChI=1S/C22H19F2NO6/c1-29-14-4-5-15-13(10-21(27)31-19(15)11-14)9-18(22(28)30-2)25-20(26)8-12-3-6-16(23)17(24)7-12/h3-7,10-11,18H,8-9H2,1-2H3,(H,25,26)/t18-/m0/s1. The molecule has 0 aliphatic rings. The molecule has 0 aliphatic carbocycles. The average Bonchev–Trinajstić information content (AvgIpc) is 2.74. The van der Waals surface area contributed by atoms with Gasteiger partial charge in [-0.2, -0.15) is 0 Å². The Morgan fingerprint density at radius 2 is 1.84 bits per heavy atom. The van der Waals surface area contributed by atoms with Gasteiger partial charge in [0.25, 0.3) is 0 Å². The predicted octanol–water partition coefficient (Wildman–Crippen LogP) is 2.52. The zero-order valence-corrected chi connectivity index (χ0v) is 16.7. The number of carbonyl (C=O) groups excluding carboxylic acids is 2. The van der Waals surface area contributed by atoms with Gasteiger partial charge in [-0.15, -0.1) is 0 Å². The lowest BCUT2D eigenvalue weighted by molar-refractivity contribution is -0.145. The Morgan fingerprint density at radius 3 is 2.52 bits per heavy atom. The number of fused-ring (bicyclic) bond motifs is 1. The van der Waals surface area contributed by atoms with Gasteiger partial charge in [-0.25, -0.2) is 18.4 Å². The van der Waals surface area contributed by atoms with E-state index in [2.05, 4.69) is 5.32 Å². The van der Waals surface area contributed by atoms with E-state index >= 15 is 0 Å². The van der Waals surface area contributed by atoms with Crippen LogP contribution in [-0.2, 0) is 27.2 Å². The van der Waals surface area contributed by atoms with Gasteiger partial charge in [-0.3, -0.25) is 4.79 Å². The molecule has 2 aromatic carbocycles. The van der Waals surface area contributed by atoms with E-state index in [-0.39, 0.29) is 24.0 Å². The molecular formula is C22H19F2NO6. The minimum atomic E-state index is -1.12. The van der Waals surface area contributed by atoms with Crippen LogP contribution in [0.5, 0.6) is 5.75 Å². The number of halogens is 2. The molecule has 0 unspecified atom stereocenters. The van der Waals surface area contributed by atoms with E-state index in [1.54, 1.807) is 12.1 Å². The van der Waals surface area contributed by atoms with E-state index in [4.69, 9.17) is 13.9 Å². The molecule has 3 rings (SSSR count). The van der Waals surface area contributed by atoms with Crippen LogP contribution >= 0.6 is 0 Å². The first-order valence-electron chi connectivity index (χ1n) is 9.22. The van der Waals surface area contributed by atoms with E-state index in [9.17, 15) is 23.2 Å². The van der Waals surface area contributed by atoms with Gasteiger partial charge in [0.05, 0.1) is 20.6 Å². The minimum Gasteiger partial charge on any atom is -0.497 e. The number of ether oxygens (including phenoxy) is 2. The van der Waals surface area contributed by atoms with Gasteiger partial charge in [0, 0.05) is 23.9 Å². The highest BCUT2D eigenvalue weighted by Crippen LogP contribution is 2.23. The second kappa shape index (κ2) is 9.38. The van der Waals surface area contributed by atoms with Gasteiger partial charge in [0.15, 0.2) is 11.6 Å². The number of methoxy groups -OCH3 is 2. The van der Waals surface area contributed by atoms with Crippen molar-refractivity contribution in [1.82, 2.24) is 5.32 Å². The van der Waals surface area contributed by atoms with E-state index in [1.807, 2.05) is 0 Å². The lowest BCUT2D eigenvalue weighted by atomic mass is 10.0. The molecule has 1 amide bonds. The largest absolute Gasteiger partial charge is 0.497 e. The number of esters is 1. The summed E-state index contributed by atoms with van der Waals surface area (Å²) in [6.07, 6.45) is -0.329. The topological polar surface area (TPSA) is 94.8 Å². The summed E-state index contributed by atoms with van der Waals surface area (Å²) in [6.45, 7) is 0. The van der Waals surface area contributed by atoms with Crippen LogP contribution in [0.3, 0.4) is 0 Å². The highest BCUT2D eigenvalue weighted by molar-refractivity contribution is 5.87. The predicted molar refractivity (Wildman–Crippen MR) is 107 cm³/mol. The summed E-state index contributed by atoms with van der Waals surface area (Å²) in [5.74, 6) is -2.95. The minimum absolute atomic E-state index is 0.0510. The Labute approximate surface area is 175 Å². The zero-order valence-electron chi connectivity index (χ0n) is 16.7. The molecular weight excluding hydrogens is 412 g/mol. The van der Waals surface area contributed by atoms with E-state index < -0.39 is 35.2 Å². The van der Waals surface area contributed by atoms with Crippen molar-refractivity contribution in [3.63, 3.8) is 0 Å². The third kappa shape index (κ3) is 5.25. The molecule has 1 heterocycles. The number of amides is 1. The quantitative estimate of drug-likeness (QED) is 0.456. The molecule has 1 aromatic heterocycles. The molecule has 31 heavy (non-hydrogen) atoms. The normalized spacial score (nSPS) is 11.7. The van der Waals surface area contributed by atoms with Gasteiger partial charge in [0.2, 0.25) is 5.91 Å². The van der Waals surface area contributed by atoms with Crippen LogP contribution in [0.25, 0.3) is 11.0 Å². The van der Waals surface area contributed by atoms with E-state index in [1.165, 1.54) is 32.4 Å². The molecule has 0 saturated carbocycles. The molecule has 0 spiro atoms. The van der Waals surface area contributed by atoms with E-state index in [0.29, 0.717) is 16.7 Å². The monoisotopic (exact) mass is 431 g/mol. The summed E-state index contributed by atoms with van der Waals surface area (Å²) in [7, 11) is 2.64. The van der Waals surface area contributed by atoms with Crippen molar-refractivity contribution in [2.45, 2.75) is 18.9 Å². The van der Waals surface area contributed by atoms with Gasteiger partial charge in [-0.1, -0.05) is 6.07 Å². The number of benzene rings is 2. The maximum absolute atomic E-state index is 13.4. The fourth-order valence-corrected chi connectivity index (χ4v) is 3.14.